The largest absolute Gasteiger partial charge is 0.550 e. The Bertz CT molecular complexity index is 342. The molecule has 0 saturated carbocycles. The summed E-state index contributed by atoms with van der Waals surface area (Å²) in [4.78, 5) is 10.8. The van der Waals surface area contributed by atoms with Gasteiger partial charge in [-0.1, -0.05) is 45.0 Å². The molecular weight excluding hydrogens is 188 g/mol. The van der Waals surface area contributed by atoms with Crippen LogP contribution in [0.5, 0.6) is 0 Å². The number of aliphatic carboxylic acids is 1. The van der Waals surface area contributed by atoms with E-state index in [1.54, 1.807) is 6.92 Å². The van der Waals surface area contributed by atoms with Crippen LogP contribution in [0.2, 0.25) is 0 Å². The summed E-state index contributed by atoms with van der Waals surface area (Å²) < 4.78 is 0. The van der Waals surface area contributed by atoms with Gasteiger partial charge in [-0.3, -0.25) is 0 Å². The second kappa shape index (κ2) is 4.96. The molecule has 0 N–H and O–H groups in total. The van der Waals surface area contributed by atoms with Crippen molar-refractivity contribution in [1.29, 1.82) is 0 Å². The van der Waals surface area contributed by atoms with E-state index in [-0.39, 0.29) is 0 Å². The minimum atomic E-state index is -1.01. The minimum Gasteiger partial charge on any atom is -0.550 e. The Morgan fingerprint density at radius 3 is 2.40 bits per heavy atom. The van der Waals surface area contributed by atoms with Crippen LogP contribution in [-0.2, 0) is 11.2 Å². The molecule has 0 fully saturated rings. The highest BCUT2D eigenvalue weighted by Crippen LogP contribution is 2.21. The summed E-state index contributed by atoms with van der Waals surface area (Å²) in [6.07, 6.45) is 0.911. The van der Waals surface area contributed by atoms with Crippen molar-refractivity contribution in [2.24, 2.45) is 5.92 Å². The van der Waals surface area contributed by atoms with Gasteiger partial charge in [0.1, 0.15) is 0 Å². The Balaban J connectivity index is 3.00. The first-order chi connectivity index (χ1) is 7.02. The van der Waals surface area contributed by atoms with Gasteiger partial charge in [0, 0.05) is 11.9 Å². The molecule has 0 amide bonds. The Morgan fingerprint density at radius 1 is 1.27 bits per heavy atom. The molecule has 0 bridgehead atoms. The predicted octanol–water partition coefficient (Wildman–Crippen LogP) is 1.74. The number of carboxylic acid groups (broad SMARTS) is 1. The van der Waals surface area contributed by atoms with Crippen LogP contribution >= 0.6 is 0 Å². The number of carbonyl (C=O) groups is 1. The van der Waals surface area contributed by atoms with Crippen LogP contribution < -0.4 is 5.11 Å². The molecule has 0 aliphatic carbocycles. The van der Waals surface area contributed by atoms with E-state index in [4.69, 9.17) is 0 Å². The highest BCUT2D eigenvalue weighted by atomic mass is 16.4. The average molecular weight is 205 g/mol. The number of benzene rings is 1. The van der Waals surface area contributed by atoms with Gasteiger partial charge in [-0.2, -0.15) is 0 Å². The summed E-state index contributed by atoms with van der Waals surface area (Å²) >= 11 is 0. The number of carboxylic acids is 1. The third-order valence-corrected chi connectivity index (χ3v) is 2.50. The van der Waals surface area contributed by atoms with E-state index in [0.29, 0.717) is 5.92 Å². The summed E-state index contributed by atoms with van der Waals surface area (Å²) in [5, 5.41) is 10.8. The Morgan fingerprint density at radius 2 is 1.87 bits per heavy atom. The van der Waals surface area contributed by atoms with Gasteiger partial charge in [0.15, 0.2) is 0 Å². The van der Waals surface area contributed by atoms with Crippen LogP contribution in [0.1, 0.15) is 37.8 Å². The van der Waals surface area contributed by atoms with Gasteiger partial charge in [-0.25, -0.2) is 0 Å². The van der Waals surface area contributed by atoms with Gasteiger partial charge in [-0.05, 0) is 23.5 Å². The zero-order chi connectivity index (χ0) is 11.4. The van der Waals surface area contributed by atoms with Gasteiger partial charge in [-0.15, -0.1) is 0 Å². The number of carbonyl (C=O) groups excluding carboxylic acids is 1. The highest BCUT2D eigenvalue weighted by Gasteiger charge is 2.11. The molecule has 1 unspecified atom stereocenters. The zero-order valence-corrected chi connectivity index (χ0v) is 9.49. The predicted molar refractivity (Wildman–Crippen MR) is 58.4 cm³/mol. The summed E-state index contributed by atoms with van der Waals surface area (Å²) in [6, 6.07) is 7.69. The molecular formula is C13H17O2-. The third kappa shape index (κ3) is 3.08. The maximum absolute atomic E-state index is 10.8. The summed E-state index contributed by atoms with van der Waals surface area (Å²) in [6.45, 7) is 5.93. The zero-order valence-electron chi connectivity index (χ0n) is 9.49. The van der Waals surface area contributed by atoms with E-state index in [0.717, 1.165) is 17.5 Å². The quantitative estimate of drug-likeness (QED) is 0.751. The van der Waals surface area contributed by atoms with Gasteiger partial charge in [0.2, 0.25) is 0 Å². The topological polar surface area (TPSA) is 40.1 Å². The first kappa shape index (κ1) is 11.8. The molecule has 82 valence electrons. The standard InChI is InChI=1S/C13H18O2/c1-9(2)8-11-6-4-5-7-12(11)10(3)13(14)15/h4-7,9-10H,8H2,1-3H3,(H,14,15)/p-1. The van der Waals surface area contributed by atoms with E-state index in [1.807, 2.05) is 24.3 Å². The smallest absolute Gasteiger partial charge is 0.0486 e. The molecule has 1 rings (SSSR count). The maximum atomic E-state index is 10.8. The Hall–Kier alpha value is -1.31. The lowest BCUT2D eigenvalue weighted by molar-refractivity contribution is -0.307. The van der Waals surface area contributed by atoms with E-state index in [2.05, 4.69) is 13.8 Å². The first-order valence-electron chi connectivity index (χ1n) is 5.31. The lowest BCUT2D eigenvalue weighted by Crippen LogP contribution is -2.28. The number of hydrogen-bond acceptors (Lipinski definition) is 2. The molecule has 0 aliphatic rings. The molecule has 1 aromatic carbocycles. The second-order valence-electron chi connectivity index (χ2n) is 4.34. The van der Waals surface area contributed by atoms with Crippen molar-refractivity contribution in [2.75, 3.05) is 0 Å². The van der Waals surface area contributed by atoms with Crippen molar-refractivity contribution >= 4 is 5.97 Å². The van der Waals surface area contributed by atoms with Gasteiger partial charge in [0.05, 0.1) is 0 Å². The highest BCUT2D eigenvalue weighted by molar-refractivity contribution is 5.74. The van der Waals surface area contributed by atoms with Crippen molar-refractivity contribution in [3.63, 3.8) is 0 Å². The molecule has 0 spiro atoms. The molecule has 0 heterocycles. The van der Waals surface area contributed by atoms with Crippen molar-refractivity contribution in [1.82, 2.24) is 0 Å². The Labute approximate surface area is 90.9 Å². The van der Waals surface area contributed by atoms with Crippen molar-refractivity contribution in [2.45, 2.75) is 33.1 Å². The van der Waals surface area contributed by atoms with E-state index in [9.17, 15) is 9.90 Å². The fourth-order valence-electron chi connectivity index (χ4n) is 1.71. The van der Waals surface area contributed by atoms with Crippen molar-refractivity contribution < 1.29 is 9.90 Å². The number of rotatable bonds is 4. The monoisotopic (exact) mass is 205 g/mol. The fourth-order valence-corrected chi connectivity index (χ4v) is 1.71. The van der Waals surface area contributed by atoms with Crippen LogP contribution in [0, 0.1) is 5.92 Å². The van der Waals surface area contributed by atoms with Crippen molar-refractivity contribution in [3.05, 3.63) is 35.4 Å². The van der Waals surface area contributed by atoms with Crippen LogP contribution in [-0.4, -0.2) is 5.97 Å². The lowest BCUT2D eigenvalue weighted by atomic mass is 9.91. The average Bonchev–Trinajstić information content (AvgIpc) is 2.16. The second-order valence-corrected chi connectivity index (χ2v) is 4.34. The molecule has 1 atom stereocenters. The molecule has 15 heavy (non-hydrogen) atoms. The van der Waals surface area contributed by atoms with Crippen LogP contribution in [0.4, 0.5) is 0 Å². The van der Waals surface area contributed by atoms with E-state index in [1.165, 1.54) is 0 Å². The summed E-state index contributed by atoms with van der Waals surface area (Å²) in [5.74, 6) is -1.01. The van der Waals surface area contributed by atoms with Crippen molar-refractivity contribution in [3.8, 4) is 0 Å². The van der Waals surface area contributed by atoms with Gasteiger partial charge >= 0.3 is 0 Å². The van der Waals surface area contributed by atoms with Crippen LogP contribution in [0.25, 0.3) is 0 Å². The van der Waals surface area contributed by atoms with Crippen LogP contribution in [0.3, 0.4) is 0 Å². The molecule has 2 heteroatoms. The number of hydrogen-bond donors (Lipinski definition) is 0. The normalized spacial score (nSPS) is 12.8. The van der Waals surface area contributed by atoms with E-state index >= 15 is 0 Å². The summed E-state index contributed by atoms with van der Waals surface area (Å²) in [5.41, 5.74) is 2.00. The molecule has 0 aliphatic heterocycles. The molecule has 2 nitrogen and oxygen atoms in total. The SMILES string of the molecule is CC(C)Cc1ccccc1C(C)C(=O)[O-]. The molecule has 1 aromatic rings. The van der Waals surface area contributed by atoms with Gasteiger partial charge < -0.3 is 9.90 Å². The fraction of sp³-hybridized carbons (Fsp3) is 0.462. The Kier molecular flexibility index (Phi) is 3.89. The van der Waals surface area contributed by atoms with Gasteiger partial charge in [0.25, 0.3) is 0 Å². The minimum absolute atomic E-state index is 0.528. The van der Waals surface area contributed by atoms with Crippen LogP contribution in [0.15, 0.2) is 24.3 Å². The molecule has 0 saturated heterocycles. The third-order valence-electron chi connectivity index (χ3n) is 2.50. The lowest BCUT2D eigenvalue weighted by Gasteiger charge is -2.18. The molecule has 0 aromatic heterocycles. The summed E-state index contributed by atoms with van der Waals surface area (Å²) in [7, 11) is 0. The first-order valence-corrected chi connectivity index (χ1v) is 5.31. The maximum Gasteiger partial charge on any atom is 0.0486 e. The molecule has 0 radical (unpaired) electrons. The van der Waals surface area contributed by atoms with E-state index < -0.39 is 11.9 Å².